The van der Waals surface area contributed by atoms with Gasteiger partial charge in [-0.3, -0.25) is 14.3 Å². The van der Waals surface area contributed by atoms with Crippen LogP contribution in [0, 0.1) is 11.8 Å². The molecule has 26 heavy (non-hydrogen) atoms. The molecule has 0 N–H and O–H groups in total. The van der Waals surface area contributed by atoms with Gasteiger partial charge in [0.25, 0.3) is 0 Å². The Morgan fingerprint density at radius 2 is 1.69 bits per heavy atom. The molecular formula is C20H30N4O2. The van der Waals surface area contributed by atoms with Crippen LogP contribution in [0.2, 0.25) is 0 Å². The van der Waals surface area contributed by atoms with Crippen LogP contribution in [0.25, 0.3) is 0 Å². The number of hydrogen-bond donors (Lipinski definition) is 0. The molecule has 1 aromatic heterocycles. The van der Waals surface area contributed by atoms with Crippen molar-refractivity contribution in [1.82, 2.24) is 19.6 Å². The van der Waals surface area contributed by atoms with Gasteiger partial charge in [0.2, 0.25) is 11.8 Å². The number of piperidine rings is 2. The average Bonchev–Trinajstić information content (AvgIpc) is 3.41. The molecule has 1 unspecified atom stereocenters. The topological polar surface area (TPSA) is 58.4 Å². The van der Waals surface area contributed by atoms with E-state index in [0.717, 1.165) is 71.1 Å². The van der Waals surface area contributed by atoms with E-state index in [-0.39, 0.29) is 11.8 Å². The van der Waals surface area contributed by atoms with E-state index in [1.165, 1.54) is 6.42 Å². The van der Waals surface area contributed by atoms with Crippen LogP contribution in [0.4, 0.5) is 0 Å². The number of aromatic nitrogens is 2. The quantitative estimate of drug-likeness (QED) is 0.811. The molecule has 2 amide bonds. The third-order valence-corrected chi connectivity index (χ3v) is 6.24. The second-order valence-electron chi connectivity index (χ2n) is 8.11. The fourth-order valence-corrected chi connectivity index (χ4v) is 4.47. The summed E-state index contributed by atoms with van der Waals surface area (Å²) in [5, 5.41) is 4.28. The number of carbonyl (C=O) groups is 2. The van der Waals surface area contributed by atoms with Gasteiger partial charge in [-0.05, 0) is 57.4 Å². The van der Waals surface area contributed by atoms with E-state index in [9.17, 15) is 9.59 Å². The summed E-state index contributed by atoms with van der Waals surface area (Å²) in [5.41, 5.74) is 0. The first kappa shape index (κ1) is 17.6. The minimum absolute atomic E-state index is 0.101. The Hall–Kier alpha value is -1.85. The van der Waals surface area contributed by atoms with Crippen molar-refractivity contribution >= 4 is 11.8 Å². The fraction of sp³-hybridized carbons (Fsp3) is 0.750. The van der Waals surface area contributed by atoms with Gasteiger partial charge >= 0.3 is 0 Å². The number of nitrogens with zero attached hydrogens (tertiary/aromatic N) is 4. The van der Waals surface area contributed by atoms with E-state index in [2.05, 4.69) is 10.00 Å². The molecule has 4 rings (SSSR count). The first-order chi connectivity index (χ1) is 12.7. The molecule has 0 bridgehead atoms. The summed E-state index contributed by atoms with van der Waals surface area (Å²) >= 11 is 0. The predicted octanol–water partition coefficient (Wildman–Crippen LogP) is 2.30. The highest BCUT2D eigenvalue weighted by atomic mass is 16.2. The predicted molar refractivity (Wildman–Crippen MR) is 98.2 cm³/mol. The molecule has 3 fully saturated rings. The number of aryl methyl sites for hydroxylation is 1. The third-order valence-electron chi connectivity index (χ3n) is 6.24. The van der Waals surface area contributed by atoms with Crippen molar-refractivity contribution in [3.63, 3.8) is 0 Å². The number of carbonyl (C=O) groups excluding carboxylic acids is 2. The number of rotatable bonds is 5. The van der Waals surface area contributed by atoms with Crippen LogP contribution in [0.5, 0.6) is 0 Å². The van der Waals surface area contributed by atoms with E-state index in [1.54, 1.807) is 6.20 Å². The van der Waals surface area contributed by atoms with Gasteiger partial charge in [-0.2, -0.15) is 5.10 Å². The van der Waals surface area contributed by atoms with Crippen molar-refractivity contribution in [3.8, 4) is 0 Å². The summed E-state index contributed by atoms with van der Waals surface area (Å²) in [5.74, 6) is 1.04. The highest BCUT2D eigenvalue weighted by molar-refractivity contribution is 5.82. The van der Waals surface area contributed by atoms with Crippen molar-refractivity contribution in [2.45, 2.75) is 64.0 Å². The number of hydrogen-bond acceptors (Lipinski definition) is 3. The van der Waals surface area contributed by atoms with Crippen molar-refractivity contribution in [2.75, 3.05) is 19.6 Å². The van der Waals surface area contributed by atoms with Crippen LogP contribution >= 0.6 is 0 Å². The summed E-state index contributed by atoms with van der Waals surface area (Å²) in [7, 11) is 0. The van der Waals surface area contributed by atoms with Gasteiger partial charge in [0.15, 0.2) is 0 Å². The Bertz CT molecular complexity index is 618. The normalized spacial score (nSPS) is 24.7. The monoisotopic (exact) mass is 358 g/mol. The summed E-state index contributed by atoms with van der Waals surface area (Å²) in [4.78, 5) is 29.5. The molecule has 0 aromatic carbocycles. The molecule has 142 valence electrons. The number of likely N-dealkylation sites (tertiary alicyclic amines) is 2. The van der Waals surface area contributed by atoms with Crippen LogP contribution in [0.15, 0.2) is 18.5 Å². The molecule has 1 atom stereocenters. The SMILES string of the molecule is O=C(C1CC1)N1CCC(C(=O)N2CCCCC2CCn2cccn2)CC1. The third kappa shape index (κ3) is 3.94. The molecule has 0 spiro atoms. The van der Waals surface area contributed by atoms with Crippen LogP contribution in [0.3, 0.4) is 0 Å². The molecule has 3 heterocycles. The van der Waals surface area contributed by atoms with Crippen LogP contribution < -0.4 is 0 Å². The van der Waals surface area contributed by atoms with Crippen LogP contribution in [-0.4, -0.2) is 57.1 Å². The fourth-order valence-electron chi connectivity index (χ4n) is 4.47. The van der Waals surface area contributed by atoms with Crippen LogP contribution in [0.1, 0.15) is 51.4 Å². The first-order valence-corrected chi connectivity index (χ1v) is 10.3. The Morgan fingerprint density at radius 1 is 0.923 bits per heavy atom. The standard InChI is InChI=1S/C20H30N4O2/c25-19(16-5-6-16)22-13-7-17(8-14-22)20(26)24-12-2-1-4-18(24)9-15-23-11-3-10-21-23/h3,10-11,16-18H,1-2,4-9,12-15H2. The summed E-state index contributed by atoms with van der Waals surface area (Å²) in [6, 6.07) is 2.28. The van der Waals surface area contributed by atoms with Gasteiger partial charge in [0.05, 0.1) is 0 Å². The lowest BCUT2D eigenvalue weighted by Gasteiger charge is -2.40. The van der Waals surface area contributed by atoms with Gasteiger partial charge < -0.3 is 9.80 Å². The minimum atomic E-state index is 0.101. The molecular weight excluding hydrogens is 328 g/mol. The van der Waals surface area contributed by atoms with E-state index in [1.807, 2.05) is 21.8 Å². The Balaban J connectivity index is 1.31. The zero-order valence-electron chi connectivity index (χ0n) is 15.6. The van der Waals surface area contributed by atoms with Gasteiger partial charge in [-0.15, -0.1) is 0 Å². The zero-order chi connectivity index (χ0) is 17.9. The van der Waals surface area contributed by atoms with Gasteiger partial charge in [-0.1, -0.05) is 0 Å². The van der Waals surface area contributed by atoms with Crippen LogP contribution in [-0.2, 0) is 16.1 Å². The summed E-state index contributed by atoms with van der Waals surface area (Å²) < 4.78 is 1.96. The van der Waals surface area contributed by atoms with E-state index in [4.69, 9.17) is 0 Å². The molecule has 1 aromatic rings. The van der Waals surface area contributed by atoms with E-state index < -0.39 is 0 Å². The molecule has 2 saturated heterocycles. The highest BCUT2D eigenvalue weighted by Crippen LogP contribution is 2.33. The first-order valence-electron chi connectivity index (χ1n) is 10.3. The average molecular weight is 358 g/mol. The molecule has 1 saturated carbocycles. The maximum atomic E-state index is 13.1. The van der Waals surface area contributed by atoms with Crippen molar-refractivity contribution in [2.24, 2.45) is 11.8 Å². The Labute approximate surface area is 155 Å². The maximum Gasteiger partial charge on any atom is 0.226 e. The highest BCUT2D eigenvalue weighted by Gasteiger charge is 2.38. The van der Waals surface area contributed by atoms with Crippen molar-refractivity contribution < 1.29 is 9.59 Å². The van der Waals surface area contributed by atoms with Gasteiger partial charge in [0.1, 0.15) is 0 Å². The summed E-state index contributed by atoms with van der Waals surface area (Å²) in [6.07, 6.45) is 12.0. The molecule has 6 nitrogen and oxygen atoms in total. The minimum Gasteiger partial charge on any atom is -0.342 e. The lowest BCUT2D eigenvalue weighted by molar-refractivity contribution is -0.144. The van der Waals surface area contributed by atoms with Crippen molar-refractivity contribution in [3.05, 3.63) is 18.5 Å². The second kappa shape index (κ2) is 7.80. The lowest BCUT2D eigenvalue weighted by Crippen LogP contribution is -2.49. The molecule has 2 aliphatic heterocycles. The molecule has 3 aliphatic rings. The largest absolute Gasteiger partial charge is 0.342 e. The molecule has 1 aliphatic carbocycles. The van der Waals surface area contributed by atoms with E-state index in [0.29, 0.717) is 17.9 Å². The van der Waals surface area contributed by atoms with E-state index >= 15 is 0 Å². The lowest BCUT2D eigenvalue weighted by atomic mass is 9.91. The Morgan fingerprint density at radius 3 is 2.38 bits per heavy atom. The zero-order valence-corrected chi connectivity index (χ0v) is 15.6. The maximum absolute atomic E-state index is 13.1. The summed E-state index contributed by atoms with van der Waals surface area (Å²) in [6.45, 7) is 3.29. The Kier molecular flexibility index (Phi) is 5.27. The number of amides is 2. The smallest absolute Gasteiger partial charge is 0.226 e. The van der Waals surface area contributed by atoms with Gasteiger partial charge in [0, 0.05) is 56.5 Å². The molecule has 6 heteroatoms. The second-order valence-corrected chi connectivity index (χ2v) is 8.11. The van der Waals surface area contributed by atoms with Crippen molar-refractivity contribution in [1.29, 1.82) is 0 Å². The molecule has 0 radical (unpaired) electrons. The van der Waals surface area contributed by atoms with Gasteiger partial charge in [-0.25, -0.2) is 0 Å².